The molecule has 2 rings (SSSR count). The topological polar surface area (TPSA) is 78.4 Å². The number of benzene rings is 1. The van der Waals surface area contributed by atoms with E-state index in [-0.39, 0.29) is 17.5 Å². The molecule has 1 aliphatic heterocycles. The van der Waals surface area contributed by atoms with Crippen molar-refractivity contribution < 1.29 is 13.5 Å². The van der Waals surface area contributed by atoms with Crippen molar-refractivity contribution in [2.75, 3.05) is 18.8 Å². The first kappa shape index (κ1) is 14.3. The molecule has 0 bridgehead atoms. The van der Waals surface area contributed by atoms with Crippen molar-refractivity contribution in [2.24, 2.45) is 0 Å². The zero-order valence-electron chi connectivity index (χ0n) is 10.8. The van der Waals surface area contributed by atoms with Crippen LogP contribution in [0.1, 0.15) is 18.4 Å². The molecule has 1 aliphatic rings. The van der Waals surface area contributed by atoms with Crippen LogP contribution in [0.2, 0.25) is 0 Å². The van der Waals surface area contributed by atoms with E-state index in [0.29, 0.717) is 13.0 Å². The van der Waals surface area contributed by atoms with Gasteiger partial charge in [0.2, 0.25) is 10.0 Å². The van der Waals surface area contributed by atoms with Crippen LogP contribution >= 0.6 is 0 Å². The minimum Gasteiger partial charge on any atom is -0.508 e. The first-order valence-electron chi connectivity index (χ1n) is 6.54. The van der Waals surface area contributed by atoms with E-state index in [1.165, 1.54) is 0 Å². The van der Waals surface area contributed by atoms with Gasteiger partial charge in [-0.2, -0.15) is 0 Å². The summed E-state index contributed by atoms with van der Waals surface area (Å²) in [7, 11) is -3.21. The third-order valence-electron chi connectivity index (χ3n) is 3.25. The second-order valence-corrected chi connectivity index (χ2v) is 6.74. The smallest absolute Gasteiger partial charge is 0.213 e. The molecular weight excluding hydrogens is 264 g/mol. The molecule has 1 fully saturated rings. The molecule has 19 heavy (non-hydrogen) atoms. The highest BCUT2D eigenvalue weighted by atomic mass is 32.2. The second kappa shape index (κ2) is 6.36. The number of hydrogen-bond acceptors (Lipinski definition) is 4. The lowest BCUT2D eigenvalue weighted by Crippen LogP contribution is -2.37. The molecule has 1 saturated heterocycles. The van der Waals surface area contributed by atoms with E-state index in [4.69, 9.17) is 5.11 Å². The van der Waals surface area contributed by atoms with Crippen LogP contribution in [0, 0.1) is 0 Å². The highest BCUT2D eigenvalue weighted by Crippen LogP contribution is 2.10. The number of hydrogen-bond donors (Lipinski definition) is 3. The first-order chi connectivity index (χ1) is 9.05. The van der Waals surface area contributed by atoms with E-state index < -0.39 is 10.0 Å². The number of phenolic OH excluding ortho intramolecular Hbond substituents is 1. The van der Waals surface area contributed by atoms with Gasteiger partial charge >= 0.3 is 0 Å². The summed E-state index contributed by atoms with van der Waals surface area (Å²) in [6.07, 6.45) is 2.60. The van der Waals surface area contributed by atoms with Gasteiger partial charge in [0.25, 0.3) is 0 Å². The fraction of sp³-hybridized carbons (Fsp3) is 0.538. The molecule has 1 unspecified atom stereocenters. The Bertz CT molecular complexity index is 493. The Morgan fingerprint density at radius 3 is 2.68 bits per heavy atom. The Balaban J connectivity index is 1.76. The third kappa shape index (κ3) is 4.81. The van der Waals surface area contributed by atoms with Gasteiger partial charge < -0.3 is 10.4 Å². The highest BCUT2D eigenvalue weighted by molar-refractivity contribution is 7.89. The average molecular weight is 284 g/mol. The van der Waals surface area contributed by atoms with E-state index in [2.05, 4.69) is 10.0 Å². The molecule has 3 N–H and O–H groups in total. The zero-order valence-corrected chi connectivity index (χ0v) is 11.6. The van der Waals surface area contributed by atoms with Crippen molar-refractivity contribution in [3.63, 3.8) is 0 Å². The number of rotatable bonds is 6. The molecule has 1 atom stereocenters. The lowest BCUT2D eigenvalue weighted by atomic mass is 10.1. The summed E-state index contributed by atoms with van der Waals surface area (Å²) in [5.74, 6) is 0.374. The monoisotopic (exact) mass is 284 g/mol. The van der Waals surface area contributed by atoms with E-state index in [9.17, 15) is 8.42 Å². The van der Waals surface area contributed by atoms with Crippen LogP contribution in [0.5, 0.6) is 5.75 Å². The summed E-state index contributed by atoms with van der Waals surface area (Å²) in [6, 6.07) is 6.88. The van der Waals surface area contributed by atoms with Crippen LogP contribution in [-0.4, -0.2) is 38.4 Å². The quantitative estimate of drug-likeness (QED) is 0.715. The fourth-order valence-corrected chi connectivity index (χ4v) is 3.58. The maximum absolute atomic E-state index is 11.8. The van der Waals surface area contributed by atoms with Gasteiger partial charge in [-0.3, -0.25) is 0 Å². The molecule has 5 nitrogen and oxygen atoms in total. The van der Waals surface area contributed by atoms with Gasteiger partial charge in [-0.1, -0.05) is 12.1 Å². The Morgan fingerprint density at radius 1 is 1.32 bits per heavy atom. The Kier molecular flexibility index (Phi) is 4.79. The van der Waals surface area contributed by atoms with Crippen LogP contribution in [0.25, 0.3) is 0 Å². The Labute approximate surface area is 114 Å². The Morgan fingerprint density at radius 2 is 2.05 bits per heavy atom. The molecule has 0 radical (unpaired) electrons. The van der Waals surface area contributed by atoms with Crippen LogP contribution in [-0.2, 0) is 16.4 Å². The molecular formula is C13H20N2O3S. The molecule has 6 heteroatoms. The minimum atomic E-state index is -3.21. The minimum absolute atomic E-state index is 0.0890. The van der Waals surface area contributed by atoms with Crippen molar-refractivity contribution in [1.82, 2.24) is 10.0 Å². The van der Waals surface area contributed by atoms with Gasteiger partial charge in [-0.25, -0.2) is 13.1 Å². The molecule has 0 amide bonds. The van der Waals surface area contributed by atoms with Crippen LogP contribution in [0.15, 0.2) is 24.3 Å². The summed E-state index contributed by atoms with van der Waals surface area (Å²) in [6.45, 7) is 1.30. The van der Waals surface area contributed by atoms with Gasteiger partial charge in [0.15, 0.2) is 0 Å². The lowest BCUT2D eigenvalue weighted by molar-refractivity contribution is 0.475. The highest BCUT2D eigenvalue weighted by Gasteiger charge is 2.21. The van der Waals surface area contributed by atoms with Crippen molar-refractivity contribution in [3.05, 3.63) is 29.8 Å². The van der Waals surface area contributed by atoms with Crippen molar-refractivity contribution in [1.29, 1.82) is 0 Å². The number of phenols is 1. The molecule has 1 aromatic carbocycles. The predicted molar refractivity (Wildman–Crippen MR) is 74.6 cm³/mol. The summed E-state index contributed by atoms with van der Waals surface area (Å²) < 4.78 is 26.3. The van der Waals surface area contributed by atoms with Crippen LogP contribution in [0.4, 0.5) is 0 Å². The summed E-state index contributed by atoms with van der Waals surface area (Å²) in [5, 5.41) is 12.3. The largest absolute Gasteiger partial charge is 0.508 e. The van der Waals surface area contributed by atoms with Crippen LogP contribution < -0.4 is 10.0 Å². The van der Waals surface area contributed by atoms with Crippen molar-refractivity contribution >= 4 is 10.0 Å². The van der Waals surface area contributed by atoms with Gasteiger partial charge in [0, 0.05) is 12.6 Å². The third-order valence-corrected chi connectivity index (χ3v) is 4.74. The first-order valence-corrected chi connectivity index (χ1v) is 8.19. The summed E-state index contributed by atoms with van der Waals surface area (Å²) in [5.41, 5.74) is 1.000. The number of aromatic hydroxyl groups is 1. The predicted octanol–water partition coefficient (Wildman–Crippen LogP) is 0.606. The van der Waals surface area contributed by atoms with Crippen LogP contribution in [0.3, 0.4) is 0 Å². The maximum Gasteiger partial charge on any atom is 0.213 e. The number of sulfonamides is 1. The van der Waals surface area contributed by atoms with Gasteiger partial charge in [0.1, 0.15) is 5.75 Å². The molecule has 0 aliphatic carbocycles. The van der Waals surface area contributed by atoms with Gasteiger partial charge in [0.05, 0.1) is 5.75 Å². The van der Waals surface area contributed by atoms with E-state index >= 15 is 0 Å². The average Bonchev–Trinajstić information content (AvgIpc) is 2.83. The molecule has 0 aromatic heterocycles. The Hall–Kier alpha value is -1.11. The summed E-state index contributed by atoms with van der Waals surface area (Å²) >= 11 is 0. The van der Waals surface area contributed by atoms with E-state index in [1.54, 1.807) is 24.3 Å². The molecule has 0 spiro atoms. The molecule has 1 aromatic rings. The number of nitrogens with one attached hydrogen (secondary N) is 2. The van der Waals surface area contributed by atoms with Crippen molar-refractivity contribution in [2.45, 2.75) is 25.3 Å². The maximum atomic E-state index is 11.8. The van der Waals surface area contributed by atoms with Crippen molar-refractivity contribution in [3.8, 4) is 5.75 Å². The van der Waals surface area contributed by atoms with Gasteiger partial charge in [-0.05, 0) is 43.5 Å². The molecule has 106 valence electrons. The van der Waals surface area contributed by atoms with E-state index in [0.717, 1.165) is 24.9 Å². The second-order valence-electron chi connectivity index (χ2n) is 4.89. The molecule has 1 heterocycles. The van der Waals surface area contributed by atoms with E-state index in [1.807, 2.05) is 0 Å². The normalized spacial score (nSPS) is 19.7. The zero-order chi connectivity index (χ0) is 13.7. The SMILES string of the molecule is O=S(=O)(CC1CCCN1)NCCc1ccc(O)cc1. The summed E-state index contributed by atoms with van der Waals surface area (Å²) in [4.78, 5) is 0. The molecule has 0 saturated carbocycles. The lowest BCUT2D eigenvalue weighted by Gasteiger charge is -2.11. The fourth-order valence-electron chi connectivity index (χ4n) is 2.24. The van der Waals surface area contributed by atoms with Gasteiger partial charge in [-0.15, -0.1) is 0 Å². The standard InChI is InChI=1S/C13H20N2O3S/c16-13-5-3-11(4-6-13)7-9-15-19(17,18)10-12-2-1-8-14-12/h3-6,12,14-16H,1-2,7-10H2.